The van der Waals surface area contributed by atoms with E-state index in [-0.39, 0.29) is 54.5 Å². The number of nitrogens with zero attached hydrogens (tertiary/aromatic N) is 2. The van der Waals surface area contributed by atoms with Crippen LogP contribution in [0.4, 0.5) is 5.69 Å². The second-order valence-corrected chi connectivity index (χ2v) is 13.4. The Bertz CT molecular complexity index is 1410. The molecule has 1 aliphatic heterocycles. The number of aliphatic hydroxyl groups is 1. The highest BCUT2D eigenvalue weighted by atomic mass is 32.2. The van der Waals surface area contributed by atoms with Crippen molar-refractivity contribution in [3.63, 3.8) is 0 Å². The smallest absolute Gasteiger partial charge is 0.252 e. The number of nitrogens with one attached hydrogen (secondary N) is 1. The molecule has 2 N–H and O–H groups in total. The Kier molecular flexibility index (Phi) is 9.62. The lowest BCUT2D eigenvalue weighted by molar-refractivity contribution is -0.134. The number of rotatable bonds is 9. The van der Waals surface area contributed by atoms with Crippen LogP contribution in [0, 0.1) is 5.92 Å². The molecule has 0 bridgehead atoms. The van der Waals surface area contributed by atoms with Gasteiger partial charge in [0, 0.05) is 30.8 Å². The average Bonchev–Trinajstić information content (AvgIpc) is 3.49. The highest BCUT2D eigenvalue weighted by molar-refractivity contribution is 7.91. The molecular weight excluding hydrogens is 550 g/mol. The van der Waals surface area contributed by atoms with Gasteiger partial charge in [-0.05, 0) is 42.1 Å². The van der Waals surface area contributed by atoms with Crippen LogP contribution in [-0.2, 0) is 32.5 Å². The summed E-state index contributed by atoms with van der Waals surface area (Å²) in [6, 6.07) is 17.4. The van der Waals surface area contributed by atoms with Gasteiger partial charge in [0.2, 0.25) is 11.8 Å². The third-order valence-corrected chi connectivity index (χ3v) is 10.2. The van der Waals surface area contributed by atoms with Crippen LogP contribution in [0.15, 0.2) is 70.3 Å². The van der Waals surface area contributed by atoms with Crippen LogP contribution >= 0.6 is 11.3 Å². The lowest BCUT2D eigenvalue weighted by Crippen LogP contribution is -2.48. The van der Waals surface area contributed by atoms with Crippen molar-refractivity contribution in [2.24, 2.45) is 5.92 Å². The quantitative estimate of drug-likeness (QED) is 0.398. The second kappa shape index (κ2) is 12.9. The minimum atomic E-state index is -3.71. The van der Waals surface area contributed by atoms with Gasteiger partial charge in [-0.25, -0.2) is 8.42 Å². The van der Waals surface area contributed by atoms with Gasteiger partial charge in [0.15, 0.2) is 0 Å². The number of hydrogen-bond donors (Lipinski definition) is 2. The molecule has 2 aromatic carbocycles. The lowest BCUT2D eigenvalue weighted by atomic mass is 10.0. The number of carbonyl (C=O) groups excluding carboxylic acids is 2. The summed E-state index contributed by atoms with van der Waals surface area (Å²) in [5.41, 5.74) is 1.98. The predicted octanol–water partition coefficient (Wildman–Crippen LogP) is 3.40. The molecule has 214 valence electrons. The second-order valence-electron chi connectivity index (χ2n) is 10.1. The van der Waals surface area contributed by atoms with Gasteiger partial charge in [-0.1, -0.05) is 43.3 Å². The predicted molar refractivity (Wildman–Crippen MR) is 155 cm³/mol. The van der Waals surface area contributed by atoms with Crippen molar-refractivity contribution in [1.82, 2.24) is 9.21 Å². The van der Waals surface area contributed by atoms with Gasteiger partial charge in [-0.15, -0.1) is 11.3 Å². The Balaban J connectivity index is 1.61. The number of amides is 2. The zero-order valence-corrected chi connectivity index (χ0v) is 24.5. The van der Waals surface area contributed by atoms with E-state index in [1.165, 1.54) is 11.4 Å². The summed E-state index contributed by atoms with van der Waals surface area (Å²) in [6.07, 6.45) is -0.374. The first-order chi connectivity index (χ1) is 19.1. The number of benzene rings is 2. The van der Waals surface area contributed by atoms with E-state index in [0.29, 0.717) is 17.0 Å². The summed E-state index contributed by atoms with van der Waals surface area (Å²) in [6.45, 7) is 3.81. The van der Waals surface area contributed by atoms with Gasteiger partial charge >= 0.3 is 0 Å². The van der Waals surface area contributed by atoms with E-state index in [1.807, 2.05) is 37.3 Å². The first kappa shape index (κ1) is 29.7. The van der Waals surface area contributed by atoms with Gasteiger partial charge in [0.05, 0.1) is 32.0 Å². The largest absolute Gasteiger partial charge is 0.488 e. The van der Waals surface area contributed by atoms with E-state index < -0.39 is 22.2 Å². The third-order valence-electron chi connectivity index (χ3n) is 7.00. The van der Waals surface area contributed by atoms with E-state index in [0.717, 1.165) is 16.9 Å². The normalized spacial score (nSPS) is 18.7. The third kappa shape index (κ3) is 7.08. The van der Waals surface area contributed by atoms with Crippen molar-refractivity contribution >= 4 is 38.9 Å². The molecule has 2 heterocycles. The van der Waals surface area contributed by atoms with Crippen LogP contribution in [0.25, 0.3) is 0 Å². The molecule has 3 aromatic rings. The van der Waals surface area contributed by atoms with Gasteiger partial charge in [-0.3, -0.25) is 9.59 Å². The molecule has 4 rings (SSSR count). The molecule has 2 amide bonds. The molecule has 0 radical (unpaired) electrons. The van der Waals surface area contributed by atoms with Crippen molar-refractivity contribution in [2.45, 2.75) is 43.0 Å². The Morgan fingerprint density at radius 1 is 1.20 bits per heavy atom. The summed E-state index contributed by atoms with van der Waals surface area (Å²) in [5.74, 6) is -0.183. The van der Waals surface area contributed by atoms with Crippen LogP contribution in [0.3, 0.4) is 0 Å². The number of aliphatic hydroxyl groups excluding tert-OH is 1. The monoisotopic (exact) mass is 585 g/mol. The van der Waals surface area contributed by atoms with Crippen LogP contribution in [0.1, 0.15) is 25.0 Å². The van der Waals surface area contributed by atoms with E-state index >= 15 is 0 Å². The van der Waals surface area contributed by atoms with E-state index in [4.69, 9.17) is 4.74 Å². The first-order valence-electron chi connectivity index (χ1n) is 13.1. The van der Waals surface area contributed by atoms with Gasteiger partial charge < -0.3 is 20.1 Å². The van der Waals surface area contributed by atoms with E-state index in [1.54, 1.807) is 47.5 Å². The highest BCUT2D eigenvalue weighted by Gasteiger charge is 2.33. The maximum Gasteiger partial charge on any atom is 0.252 e. The molecule has 1 aromatic heterocycles. The molecule has 3 atom stereocenters. The molecule has 0 saturated carbocycles. The zero-order chi connectivity index (χ0) is 28.9. The van der Waals surface area contributed by atoms with Crippen molar-refractivity contribution in [1.29, 1.82) is 0 Å². The number of likely N-dealkylation sites (N-methyl/N-ethyl adjacent to an activating group) is 1. The number of hydrogen-bond acceptors (Lipinski definition) is 7. The fourth-order valence-corrected chi connectivity index (χ4v) is 7.01. The number of carbonyl (C=O) groups is 2. The Morgan fingerprint density at radius 3 is 2.62 bits per heavy atom. The maximum absolute atomic E-state index is 13.4. The number of anilines is 1. The molecule has 0 fully saturated rings. The average molecular weight is 586 g/mol. The van der Waals surface area contributed by atoms with Gasteiger partial charge in [0.25, 0.3) is 10.0 Å². The summed E-state index contributed by atoms with van der Waals surface area (Å²) < 4.78 is 34.2. The van der Waals surface area contributed by atoms with E-state index in [9.17, 15) is 23.1 Å². The minimum Gasteiger partial charge on any atom is -0.488 e. The van der Waals surface area contributed by atoms with E-state index in [2.05, 4.69) is 5.32 Å². The number of sulfonamides is 1. The minimum absolute atomic E-state index is 0.00480. The van der Waals surface area contributed by atoms with Crippen molar-refractivity contribution < 1.29 is 27.9 Å². The maximum atomic E-state index is 13.4. The van der Waals surface area contributed by atoms with Crippen LogP contribution in [0.2, 0.25) is 0 Å². The van der Waals surface area contributed by atoms with Crippen LogP contribution in [-0.4, -0.2) is 73.4 Å². The summed E-state index contributed by atoms with van der Waals surface area (Å²) in [7, 11) is -2.20. The van der Waals surface area contributed by atoms with Crippen LogP contribution in [0.5, 0.6) is 5.75 Å². The van der Waals surface area contributed by atoms with Gasteiger partial charge in [0.1, 0.15) is 16.1 Å². The van der Waals surface area contributed by atoms with Crippen LogP contribution < -0.4 is 10.1 Å². The lowest BCUT2D eigenvalue weighted by Gasteiger charge is -2.33. The van der Waals surface area contributed by atoms with Crippen molar-refractivity contribution in [3.8, 4) is 5.75 Å². The summed E-state index contributed by atoms with van der Waals surface area (Å²) >= 11 is 1.15. The highest BCUT2D eigenvalue weighted by Crippen LogP contribution is 2.30. The van der Waals surface area contributed by atoms with Gasteiger partial charge in [-0.2, -0.15) is 4.31 Å². The molecule has 11 heteroatoms. The molecule has 40 heavy (non-hydrogen) atoms. The first-order valence-corrected chi connectivity index (χ1v) is 15.4. The molecule has 1 aliphatic rings. The number of fused-ring (bicyclic) bond motifs is 1. The SMILES string of the molecule is C[C@@H]1CN([C@H](C)CO)C(=O)Cc2cc(NC(=O)Cc3ccccc3)ccc2O[C@H]1CN(C)S(=O)(=O)c1cccs1. The number of ether oxygens (including phenoxy) is 1. The summed E-state index contributed by atoms with van der Waals surface area (Å²) in [4.78, 5) is 27.7. The molecular formula is C29H35N3O6S2. The Hall–Kier alpha value is -3.25. The molecule has 0 saturated heterocycles. The van der Waals surface area contributed by atoms with Crippen molar-refractivity contribution in [3.05, 3.63) is 77.2 Å². The molecule has 0 aliphatic carbocycles. The molecule has 0 unspecified atom stereocenters. The topological polar surface area (TPSA) is 116 Å². The fraction of sp³-hybridized carbons (Fsp3) is 0.379. The summed E-state index contributed by atoms with van der Waals surface area (Å²) in [5, 5.41) is 14.5. The molecule has 9 nitrogen and oxygen atoms in total. The van der Waals surface area contributed by atoms with Crippen molar-refractivity contribution in [2.75, 3.05) is 32.1 Å². The fourth-order valence-electron chi connectivity index (χ4n) is 4.63. The number of thiophene rings is 1. The Morgan fingerprint density at radius 2 is 1.95 bits per heavy atom. The standard InChI is InChI=1S/C29H35N3O6S2/c1-20-17-32(21(2)19-33)28(35)16-23-15-24(30-27(34)14-22-8-5-4-6-9-22)11-12-25(23)38-26(20)18-31(3)40(36,37)29-10-7-13-39-29/h4-13,15,20-21,26,33H,14,16-19H2,1-3H3,(H,30,34)/t20-,21-,26+/m1/s1. The Labute approximate surface area is 239 Å². The molecule has 0 spiro atoms. The zero-order valence-electron chi connectivity index (χ0n) is 22.8.